The minimum atomic E-state index is -0.524. The Morgan fingerprint density at radius 2 is 1.16 bits per heavy atom. The van der Waals surface area contributed by atoms with Crippen LogP contribution in [-0.4, -0.2) is 5.11 Å². The maximum atomic E-state index is 10.5. The molecule has 2 atom stereocenters. The summed E-state index contributed by atoms with van der Waals surface area (Å²) in [4.78, 5) is 0. The second-order valence-corrected chi connectivity index (χ2v) is 10.9. The molecular formula is C35H33O2P. The molecule has 38 heavy (non-hydrogen) atoms. The molecule has 0 aliphatic rings. The molecule has 0 saturated heterocycles. The van der Waals surface area contributed by atoms with Crippen molar-refractivity contribution in [2.45, 2.75) is 32.5 Å². The van der Waals surface area contributed by atoms with Crippen LogP contribution in [0.25, 0.3) is 0 Å². The Morgan fingerprint density at radius 3 is 1.79 bits per heavy atom. The van der Waals surface area contributed by atoms with Crippen LogP contribution in [0.15, 0.2) is 127 Å². The summed E-state index contributed by atoms with van der Waals surface area (Å²) in [6, 6.07) is 44.4. The molecule has 0 fully saturated rings. The lowest BCUT2D eigenvalue weighted by Gasteiger charge is -2.20. The van der Waals surface area contributed by atoms with E-state index >= 15 is 0 Å². The molecule has 0 bridgehead atoms. The minimum absolute atomic E-state index is 0.364. The molecule has 3 heteroatoms. The number of aliphatic hydroxyl groups excluding tert-OH is 1. The molecule has 0 aliphatic carbocycles. The van der Waals surface area contributed by atoms with Gasteiger partial charge < -0.3 is 9.84 Å². The lowest BCUT2D eigenvalue weighted by Crippen LogP contribution is -2.16. The first-order valence-electron chi connectivity index (χ1n) is 13.1. The van der Waals surface area contributed by atoms with Gasteiger partial charge in [0.15, 0.2) is 0 Å². The zero-order valence-corrected chi connectivity index (χ0v) is 22.7. The second-order valence-electron chi connectivity index (χ2n) is 9.62. The first kappa shape index (κ1) is 25.9. The van der Waals surface area contributed by atoms with Crippen LogP contribution in [0.1, 0.15) is 46.4 Å². The molecule has 5 aromatic rings. The van der Waals surface area contributed by atoms with Crippen molar-refractivity contribution in [3.63, 3.8) is 0 Å². The van der Waals surface area contributed by atoms with Gasteiger partial charge in [-0.15, -0.1) is 0 Å². The molecule has 0 aliphatic heterocycles. The van der Waals surface area contributed by atoms with Gasteiger partial charge in [-0.25, -0.2) is 0 Å². The van der Waals surface area contributed by atoms with Crippen molar-refractivity contribution >= 4 is 19.2 Å². The van der Waals surface area contributed by atoms with Crippen molar-refractivity contribution in [2.24, 2.45) is 0 Å². The molecule has 0 spiro atoms. The highest BCUT2D eigenvalue weighted by molar-refractivity contribution is 7.55. The summed E-state index contributed by atoms with van der Waals surface area (Å²) in [7, 11) is 0.364. The standard InChI is InChI=1S/C35H33O2P/c1-26(36)32-19-11-12-20-33(32)38-34-24-30(21-27-13-5-2-6-14-27)23-31(22-28-15-7-3-8-16-28)35(34)37-25-29-17-9-4-10-18-29/h2-20,23-24,26,36,38H,21-22,25H2,1H3. The third-order valence-electron chi connectivity index (χ3n) is 6.62. The third kappa shape index (κ3) is 6.78. The molecule has 2 unspecified atom stereocenters. The van der Waals surface area contributed by atoms with E-state index in [0.717, 1.165) is 35.0 Å². The Bertz CT molecular complexity index is 1450. The van der Waals surface area contributed by atoms with E-state index in [0.29, 0.717) is 15.2 Å². The molecule has 5 rings (SSSR count). The molecular weight excluding hydrogens is 483 g/mol. The van der Waals surface area contributed by atoms with Crippen LogP contribution < -0.4 is 15.3 Å². The van der Waals surface area contributed by atoms with Gasteiger partial charge >= 0.3 is 0 Å². The minimum Gasteiger partial charge on any atom is -0.488 e. The summed E-state index contributed by atoms with van der Waals surface area (Å²) in [5.74, 6) is 0.952. The Hall–Kier alpha value is -3.71. The van der Waals surface area contributed by atoms with E-state index in [9.17, 15) is 5.11 Å². The van der Waals surface area contributed by atoms with Gasteiger partial charge in [0, 0.05) is 11.7 Å². The SMILES string of the molecule is CC(O)c1ccccc1Pc1cc(Cc2ccccc2)cc(Cc2ccccc2)c1OCc1ccccc1. The Kier molecular flexibility index (Phi) is 8.66. The van der Waals surface area contributed by atoms with Crippen LogP contribution in [0, 0.1) is 0 Å². The molecule has 5 aromatic carbocycles. The largest absolute Gasteiger partial charge is 0.488 e. The molecule has 0 heterocycles. The van der Waals surface area contributed by atoms with Gasteiger partial charge in [0.2, 0.25) is 0 Å². The van der Waals surface area contributed by atoms with E-state index in [2.05, 4.69) is 97.1 Å². The smallest absolute Gasteiger partial charge is 0.131 e. The lowest BCUT2D eigenvalue weighted by atomic mass is 9.98. The van der Waals surface area contributed by atoms with Crippen LogP contribution in [0.3, 0.4) is 0 Å². The first-order chi connectivity index (χ1) is 18.7. The van der Waals surface area contributed by atoms with Gasteiger partial charge in [-0.3, -0.25) is 0 Å². The summed E-state index contributed by atoms with van der Waals surface area (Å²) in [5, 5.41) is 12.8. The van der Waals surface area contributed by atoms with Crippen molar-refractivity contribution in [3.05, 3.63) is 161 Å². The molecule has 0 amide bonds. The predicted molar refractivity (Wildman–Crippen MR) is 160 cm³/mol. The number of benzene rings is 5. The number of hydrogen-bond donors (Lipinski definition) is 1. The highest BCUT2D eigenvalue weighted by Gasteiger charge is 2.17. The van der Waals surface area contributed by atoms with Crippen molar-refractivity contribution < 1.29 is 9.84 Å². The predicted octanol–water partition coefficient (Wildman–Crippen LogP) is 7.13. The third-order valence-corrected chi connectivity index (χ3v) is 7.99. The van der Waals surface area contributed by atoms with Gasteiger partial charge in [0.25, 0.3) is 0 Å². The van der Waals surface area contributed by atoms with Gasteiger partial charge in [-0.2, -0.15) is 0 Å². The summed E-state index contributed by atoms with van der Waals surface area (Å²) < 4.78 is 6.65. The average Bonchev–Trinajstić information content (AvgIpc) is 2.94. The number of ether oxygens (including phenoxy) is 1. The number of aliphatic hydroxyl groups is 1. The fourth-order valence-corrected chi connectivity index (χ4v) is 6.26. The Morgan fingerprint density at radius 1 is 0.605 bits per heavy atom. The van der Waals surface area contributed by atoms with E-state index in [1.54, 1.807) is 0 Å². The number of hydrogen-bond acceptors (Lipinski definition) is 2. The van der Waals surface area contributed by atoms with Gasteiger partial charge in [0.1, 0.15) is 12.4 Å². The highest BCUT2D eigenvalue weighted by Crippen LogP contribution is 2.31. The van der Waals surface area contributed by atoms with Crippen molar-refractivity contribution in [1.29, 1.82) is 0 Å². The van der Waals surface area contributed by atoms with E-state index in [1.165, 1.54) is 27.6 Å². The normalized spacial score (nSPS) is 12.1. The summed E-state index contributed by atoms with van der Waals surface area (Å²) >= 11 is 0. The first-order valence-corrected chi connectivity index (χ1v) is 14.1. The van der Waals surface area contributed by atoms with Gasteiger partial charge in [0.05, 0.1) is 6.10 Å². The second kappa shape index (κ2) is 12.7. The zero-order valence-electron chi connectivity index (χ0n) is 21.7. The topological polar surface area (TPSA) is 29.5 Å². The quantitative estimate of drug-likeness (QED) is 0.200. The van der Waals surface area contributed by atoms with E-state index in [-0.39, 0.29) is 0 Å². The summed E-state index contributed by atoms with van der Waals surface area (Å²) in [6.45, 7) is 2.35. The van der Waals surface area contributed by atoms with Crippen molar-refractivity contribution in [2.75, 3.05) is 0 Å². The molecule has 190 valence electrons. The van der Waals surface area contributed by atoms with E-state index < -0.39 is 6.10 Å². The van der Waals surface area contributed by atoms with Crippen LogP contribution >= 0.6 is 8.58 Å². The number of rotatable bonds is 10. The van der Waals surface area contributed by atoms with Gasteiger partial charge in [-0.1, -0.05) is 130 Å². The Balaban J connectivity index is 1.60. The molecule has 0 aromatic heterocycles. The van der Waals surface area contributed by atoms with Crippen molar-refractivity contribution in [3.8, 4) is 5.75 Å². The fraction of sp³-hybridized carbons (Fsp3) is 0.143. The molecule has 2 nitrogen and oxygen atoms in total. The monoisotopic (exact) mass is 516 g/mol. The zero-order chi connectivity index (χ0) is 26.2. The van der Waals surface area contributed by atoms with Crippen LogP contribution in [0.4, 0.5) is 0 Å². The van der Waals surface area contributed by atoms with Crippen LogP contribution in [0.2, 0.25) is 0 Å². The van der Waals surface area contributed by atoms with E-state index in [1.807, 2.05) is 37.3 Å². The van der Waals surface area contributed by atoms with Crippen LogP contribution in [-0.2, 0) is 19.4 Å². The average molecular weight is 517 g/mol. The maximum Gasteiger partial charge on any atom is 0.131 e. The highest BCUT2D eigenvalue weighted by atomic mass is 31.1. The Labute approximate surface area is 227 Å². The molecule has 1 N–H and O–H groups in total. The lowest BCUT2D eigenvalue weighted by molar-refractivity contribution is 0.200. The summed E-state index contributed by atoms with van der Waals surface area (Å²) in [6.07, 6.45) is 1.13. The van der Waals surface area contributed by atoms with Crippen molar-refractivity contribution in [1.82, 2.24) is 0 Å². The maximum absolute atomic E-state index is 10.5. The van der Waals surface area contributed by atoms with E-state index in [4.69, 9.17) is 4.74 Å². The summed E-state index contributed by atoms with van der Waals surface area (Å²) in [5.41, 5.74) is 7.12. The fourth-order valence-electron chi connectivity index (χ4n) is 4.75. The van der Waals surface area contributed by atoms with Gasteiger partial charge in [-0.05, 0) is 58.1 Å². The molecule has 0 saturated carbocycles. The molecule has 0 radical (unpaired) electrons. The van der Waals surface area contributed by atoms with Crippen LogP contribution in [0.5, 0.6) is 5.75 Å².